The first-order chi connectivity index (χ1) is 14.1. The van der Waals surface area contributed by atoms with Crippen LogP contribution in [0.2, 0.25) is 0 Å². The molecule has 0 aliphatic heterocycles. The van der Waals surface area contributed by atoms with Crippen molar-refractivity contribution in [1.82, 2.24) is 0 Å². The van der Waals surface area contributed by atoms with E-state index in [0.29, 0.717) is 18.8 Å². The number of carbonyl (C=O) groups is 2. The average Bonchev–Trinajstić information content (AvgIpc) is 2.72. The summed E-state index contributed by atoms with van der Waals surface area (Å²) in [5, 5.41) is 0. The summed E-state index contributed by atoms with van der Waals surface area (Å²) in [5.74, 6) is 0.270. The molecule has 2 nitrogen and oxygen atoms in total. The van der Waals surface area contributed by atoms with Crippen LogP contribution in [-0.4, -0.2) is 11.6 Å². The number of carbonyl (C=O) groups excluding carboxylic acids is 2. The monoisotopic (exact) mass is 390 g/mol. The van der Waals surface area contributed by atoms with Crippen molar-refractivity contribution < 1.29 is 9.59 Å². The predicted molar refractivity (Wildman–Crippen MR) is 120 cm³/mol. The lowest BCUT2D eigenvalue weighted by atomic mass is 9.78. The van der Waals surface area contributed by atoms with E-state index in [-0.39, 0.29) is 17.5 Å². The average molecular weight is 391 g/mol. The second-order valence-electron chi connectivity index (χ2n) is 8.75. The molecule has 2 aromatic rings. The Morgan fingerprint density at radius 3 is 2.07 bits per heavy atom. The summed E-state index contributed by atoms with van der Waals surface area (Å²) in [6, 6.07) is 17.1. The fourth-order valence-corrected chi connectivity index (χ4v) is 4.30. The van der Waals surface area contributed by atoms with E-state index in [2.05, 4.69) is 50.2 Å². The van der Waals surface area contributed by atoms with Crippen LogP contribution >= 0.6 is 0 Å². The molecule has 3 rings (SSSR count). The van der Waals surface area contributed by atoms with Crippen LogP contribution in [0.4, 0.5) is 0 Å². The highest BCUT2D eigenvalue weighted by molar-refractivity contribution is 6.03. The maximum absolute atomic E-state index is 12.6. The van der Waals surface area contributed by atoms with Crippen molar-refractivity contribution in [3.8, 4) is 11.1 Å². The highest BCUT2D eigenvalue weighted by Crippen LogP contribution is 2.27. The van der Waals surface area contributed by atoms with Crippen molar-refractivity contribution in [2.24, 2.45) is 11.8 Å². The molecule has 2 unspecified atom stereocenters. The Labute approximate surface area is 175 Å². The van der Waals surface area contributed by atoms with Crippen molar-refractivity contribution in [2.45, 2.75) is 71.6 Å². The van der Waals surface area contributed by atoms with E-state index in [9.17, 15) is 9.59 Å². The zero-order chi connectivity index (χ0) is 20.6. The Morgan fingerprint density at radius 1 is 0.862 bits per heavy atom. The molecule has 2 aromatic carbocycles. The summed E-state index contributed by atoms with van der Waals surface area (Å²) in [6.45, 7) is 4.34. The molecule has 29 heavy (non-hydrogen) atoms. The third-order valence-electron chi connectivity index (χ3n) is 6.21. The lowest BCUT2D eigenvalue weighted by molar-refractivity contribution is -0.134. The molecule has 0 amide bonds. The van der Waals surface area contributed by atoms with Gasteiger partial charge >= 0.3 is 0 Å². The molecule has 0 N–H and O–H groups in total. The van der Waals surface area contributed by atoms with Crippen LogP contribution in [0.3, 0.4) is 0 Å². The fourth-order valence-electron chi connectivity index (χ4n) is 4.30. The van der Waals surface area contributed by atoms with Crippen LogP contribution < -0.4 is 0 Å². The Kier molecular flexibility index (Phi) is 7.80. The Bertz CT molecular complexity index is 801. The van der Waals surface area contributed by atoms with E-state index in [1.807, 2.05) is 12.1 Å². The zero-order valence-electron chi connectivity index (χ0n) is 18.0. The van der Waals surface area contributed by atoms with E-state index in [4.69, 9.17) is 0 Å². The molecule has 1 aliphatic rings. The van der Waals surface area contributed by atoms with Gasteiger partial charge in [0.1, 0.15) is 11.6 Å². The number of hydrogen-bond acceptors (Lipinski definition) is 2. The van der Waals surface area contributed by atoms with Gasteiger partial charge in [-0.3, -0.25) is 9.59 Å². The normalized spacial score (nSPS) is 19.3. The topological polar surface area (TPSA) is 34.1 Å². The van der Waals surface area contributed by atoms with Gasteiger partial charge in [0, 0.05) is 12.8 Å². The first-order valence-corrected chi connectivity index (χ1v) is 11.3. The smallest absolute Gasteiger partial charge is 0.147 e. The number of Topliss-reactive ketones (excluding diaryl/α,β-unsaturated/α-hetero) is 2. The summed E-state index contributed by atoms with van der Waals surface area (Å²) >= 11 is 0. The van der Waals surface area contributed by atoms with Crippen LogP contribution in [0.1, 0.15) is 69.9 Å². The van der Waals surface area contributed by atoms with Gasteiger partial charge < -0.3 is 0 Å². The van der Waals surface area contributed by atoms with Crippen LogP contribution in [-0.2, 0) is 22.4 Å². The molecule has 0 bridgehead atoms. The van der Waals surface area contributed by atoms with Gasteiger partial charge in [0.2, 0.25) is 0 Å². The second kappa shape index (κ2) is 10.5. The molecule has 0 saturated heterocycles. The summed E-state index contributed by atoms with van der Waals surface area (Å²) in [7, 11) is 0. The van der Waals surface area contributed by atoms with Gasteiger partial charge in [-0.25, -0.2) is 0 Å². The molecular weight excluding hydrogens is 356 g/mol. The van der Waals surface area contributed by atoms with Crippen molar-refractivity contribution in [2.75, 3.05) is 0 Å². The Morgan fingerprint density at radius 2 is 1.48 bits per heavy atom. The van der Waals surface area contributed by atoms with E-state index < -0.39 is 0 Å². The third-order valence-corrected chi connectivity index (χ3v) is 6.21. The highest BCUT2D eigenvalue weighted by atomic mass is 16.1. The van der Waals surface area contributed by atoms with Gasteiger partial charge in [0.25, 0.3) is 0 Å². The minimum atomic E-state index is -0.379. The van der Waals surface area contributed by atoms with Crippen LogP contribution in [0.5, 0.6) is 0 Å². The quantitative estimate of drug-likeness (QED) is 0.357. The van der Waals surface area contributed by atoms with Crippen molar-refractivity contribution in [1.29, 1.82) is 0 Å². The summed E-state index contributed by atoms with van der Waals surface area (Å²) in [4.78, 5) is 24.8. The van der Waals surface area contributed by atoms with Crippen LogP contribution in [0.25, 0.3) is 11.1 Å². The lowest BCUT2D eigenvalue weighted by Gasteiger charge is -2.23. The van der Waals surface area contributed by atoms with Crippen LogP contribution in [0, 0.1) is 11.8 Å². The van der Waals surface area contributed by atoms with E-state index in [1.165, 1.54) is 42.4 Å². The number of rotatable bonds is 9. The second-order valence-corrected chi connectivity index (χ2v) is 8.75. The molecule has 1 fully saturated rings. The molecule has 2 atom stereocenters. The minimum absolute atomic E-state index is 0.0853. The number of aryl methyl sites for hydroxylation is 1. The highest BCUT2D eigenvalue weighted by Gasteiger charge is 2.31. The summed E-state index contributed by atoms with van der Waals surface area (Å²) < 4.78 is 0. The van der Waals surface area contributed by atoms with Crippen molar-refractivity contribution >= 4 is 11.6 Å². The Balaban J connectivity index is 1.55. The molecule has 0 aromatic heterocycles. The summed E-state index contributed by atoms with van der Waals surface area (Å²) in [5.41, 5.74) is 4.77. The van der Waals surface area contributed by atoms with Gasteiger partial charge in [-0.05, 0) is 53.9 Å². The number of benzene rings is 2. The third kappa shape index (κ3) is 6.13. The largest absolute Gasteiger partial charge is 0.299 e. The minimum Gasteiger partial charge on any atom is -0.299 e. The maximum atomic E-state index is 12.6. The molecule has 154 valence electrons. The first kappa shape index (κ1) is 21.5. The Hall–Kier alpha value is -2.22. The van der Waals surface area contributed by atoms with E-state index in [0.717, 1.165) is 24.8 Å². The van der Waals surface area contributed by atoms with Gasteiger partial charge in [0.05, 0.1) is 5.92 Å². The molecular formula is C27H34O2. The molecule has 2 heteroatoms. The summed E-state index contributed by atoms with van der Waals surface area (Å²) in [6.07, 6.45) is 8.95. The van der Waals surface area contributed by atoms with E-state index >= 15 is 0 Å². The van der Waals surface area contributed by atoms with Crippen molar-refractivity contribution in [3.05, 3.63) is 59.7 Å². The molecule has 1 saturated carbocycles. The predicted octanol–water partition coefficient (Wildman–Crippen LogP) is 6.59. The fraction of sp³-hybridized carbons (Fsp3) is 0.481. The molecule has 0 heterocycles. The molecule has 0 spiro atoms. The SMILES string of the molecule is CCCCCCc1ccc(-c2ccc(CC(=O)C3CCC(C)CC3=O)cc2)cc1. The van der Waals surface area contributed by atoms with Gasteiger partial charge in [0.15, 0.2) is 0 Å². The molecule has 1 aliphatic carbocycles. The van der Waals surface area contributed by atoms with Gasteiger partial charge in [-0.1, -0.05) is 81.6 Å². The molecule has 0 radical (unpaired) electrons. The van der Waals surface area contributed by atoms with Gasteiger partial charge in [-0.2, -0.15) is 0 Å². The lowest BCUT2D eigenvalue weighted by Crippen LogP contribution is -2.31. The van der Waals surface area contributed by atoms with Crippen molar-refractivity contribution in [3.63, 3.8) is 0 Å². The number of unbranched alkanes of at least 4 members (excludes halogenated alkanes) is 3. The number of ketones is 2. The van der Waals surface area contributed by atoms with Crippen LogP contribution in [0.15, 0.2) is 48.5 Å². The van der Waals surface area contributed by atoms with E-state index in [1.54, 1.807) is 0 Å². The first-order valence-electron chi connectivity index (χ1n) is 11.3. The van der Waals surface area contributed by atoms with Gasteiger partial charge in [-0.15, -0.1) is 0 Å². The standard InChI is InChI=1S/C27H34O2/c1-3-4-5-6-7-21-9-13-23(14-10-21)24-15-11-22(12-16-24)19-27(29)25-17-8-20(2)18-26(25)28/h9-16,20,25H,3-8,17-19H2,1-2H3. The maximum Gasteiger partial charge on any atom is 0.147 e. The zero-order valence-corrected chi connectivity index (χ0v) is 18.0. The number of hydrogen-bond donors (Lipinski definition) is 0.